The van der Waals surface area contributed by atoms with E-state index in [-0.39, 0.29) is 16.5 Å². The highest BCUT2D eigenvalue weighted by molar-refractivity contribution is 7.46. The molecule has 1 atom stereocenters. The predicted molar refractivity (Wildman–Crippen MR) is 79.4 cm³/mol. The highest BCUT2D eigenvalue weighted by Crippen LogP contribution is 2.40. The van der Waals surface area contributed by atoms with Gasteiger partial charge in [-0.1, -0.05) is 11.6 Å². The van der Waals surface area contributed by atoms with E-state index < -0.39 is 31.6 Å². The van der Waals surface area contributed by atoms with Crippen molar-refractivity contribution in [2.45, 2.75) is 13.2 Å². The van der Waals surface area contributed by atoms with Gasteiger partial charge in [0, 0.05) is 12.1 Å². The molecule has 2 aromatic rings. The van der Waals surface area contributed by atoms with Crippen LogP contribution in [0.25, 0.3) is 0 Å². The average Bonchev–Trinajstić information content (AvgIpc) is 2.82. The van der Waals surface area contributed by atoms with Crippen LogP contribution in [0, 0.1) is 11.6 Å². The number of hydrogen-bond acceptors (Lipinski definition) is 4. The van der Waals surface area contributed by atoms with Gasteiger partial charge in [-0.3, -0.25) is 9.32 Å². The van der Waals surface area contributed by atoms with Crippen LogP contribution in [0.1, 0.15) is 23.6 Å². The standard InChI is InChI=1S/C12H11ClF2N3O5P/c1-6(23-24(20,21)22)18-11(13)5-10(17-18)12(19)16-9-3-2-7(14)4-8(9)15/h2-6H,1H3,(H,16,19)(H2,20,21,22). The lowest BCUT2D eigenvalue weighted by Gasteiger charge is -2.14. The number of anilines is 1. The Labute approximate surface area is 139 Å². The number of benzene rings is 1. The third-order valence-electron chi connectivity index (χ3n) is 2.74. The molecule has 0 saturated heterocycles. The van der Waals surface area contributed by atoms with Crippen molar-refractivity contribution < 1.29 is 32.5 Å². The largest absolute Gasteiger partial charge is 0.471 e. The normalized spacial score (nSPS) is 12.9. The predicted octanol–water partition coefficient (Wildman–Crippen LogP) is 2.69. The fourth-order valence-corrected chi connectivity index (χ4v) is 2.52. The Balaban J connectivity index is 2.19. The first-order valence-corrected chi connectivity index (χ1v) is 8.23. The zero-order valence-electron chi connectivity index (χ0n) is 12.0. The van der Waals surface area contributed by atoms with E-state index in [1.165, 1.54) is 6.92 Å². The number of amides is 1. The van der Waals surface area contributed by atoms with Gasteiger partial charge in [-0.15, -0.1) is 0 Å². The van der Waals surface area contributed by atoms with Crippen LogP contribution in [0.15, 0.2) is 24.3 Å². The first-order valence-electron chi connectivity index (χ1n) is 6.32. The molecule has 0 aliphatic heterocycles. The van der Waals surface area contributed by atoms with Crippen molar-refractivity contribution in [3.63, 3.8) is 0 Å². The van der Waals surface area contributed by atoms with Gasteiger partial charge in [-0.05, 0) is 19.1 Å². The maximum Gasteiger partial charge on any atom is 0.471 e. The molecule has 2 rings (SSSR count). The first kappa shape index (κ1) is 18.5. The van der Waals surface area contributed by atoms with Gasteiger partial charge in [0.05, 0.1) is 5.69 Å². The number of phosphoric ester groups is 1. The smallest absolute Gasteiger partial charge is 0.318 e. The minimum Gasteiger partial charge on any atom is -0.318 e. The van der Waals surface area contributed by atoms with E-state index in [1.807, 2.05) is 0 Å². The first-order chi connectivity index (χ1) is 11.1. The molecule has 0 aliphatic carbocycles. The Morgan fingerprint density at radius 1 is 1.42 bits per heavy atom. The summed E-state index contributed by atoms with van der Waals surface area (Å²) in [6, 6.07) is 3.68. The Morgan fingerprint density at radius 3 is 2.67 bits per heavy atom. The second kappa shape index (κ2) is 6.96. The zero-order valence-corrected chi connectivity index (χ0v) is 13.6. The lowest BCUT2D eigenvalue weighted by molar-refractivity contribution is 0.0876. The maximum absolute atomic E-state index is 13.5. The zero-order chi connectivity index (χ0) is 18.1. The molecule has 1 aromatic carbocycles. The molecule has 0 bridgehead atoms. The van der Waals surface area contributed by atoms with Crippen molar-refractivity contribution in [3.8, 4) is 0 Å². The fraction of sp³-hybridized carbons (Fsp3) is 0.167. The van der Waals surface area contributed by atoms with Crippen molar-refractivity contribution in [2.75, 3.05) is 5.32 Å². The van der Waals surface area contributed by atoms with Gasteiger partial charge >= 0.3 is 7.82 Å². The summed E-state index contributed by atoms with van der Waals surface area (Å²) in [6.45, 7) is 1.25. The van der Waals surface area contributed by atoms with Crippen LogP contribution >= 0.6 is 19.4 Å². The van der Waals surface area contributed by atoms with Gasteiger partial charge in [0.1, 0.15) is 16.8 Å². The van der Waals surface area contributed by atoms with Crippen LogP contribution in [0.2, 0.25) is 5.15 Å². The number of nitrogens with one attached hydrogen (secondary N) is 1. The molecule has 1 unspecified atom stereocenters. The van der Waals surface area contributed by atoms with Crippen molar-refractivity contribution >= 4 is 31.0 Å². The molecule has 1 aromatic heterocycles. The molecule has 0 spiro atoms. The monoisotopic (exact) mass is 381 g/mol. The summed E-state index contributed by atoms with van der Waals surface area (Å²) in [5.41, 5.74) is -0.531. The van der Waals surface area contributed by atoms with E-state index in [0.29, 0.717) is 6.07 Å². The molecule has 0 fully saturated rings. The van der Waals surface area contributed by atoms with Crippen molar-refractivity contribution in [3.05, 3.63) is 46.7 Å². The number of nitrogens with zero attached hydrogens (tertiary/aromatic N) is 2. The van der Waals surface area contributed by atoms with Crippen LogP contribution in [-0.2, 0) is 9.09 Å². The maximum atomic E-state index is 13.5. The van der Waals surface area contributed by atoms with E-state index >= 15 is 0 Å². The van der Waals surface area contributed by atoms with E-state index in [4.69, 9.17) is 21.4 Å². The third-order valence-corrected chi connectivity index (χ3v) is 3.60. The highest BCUT2D eigenvalue weighted by Gasteiger charge is 2.24. The number of halogens is 3. The van der Waals surface area contributed by atoms with Crippen LogP contribution < -0.4 is 5.32 Å². The Morgan fingerprint density at radius 2 is 2.08 bits per heavy atom. The van der Waals surface area contributed by atoms with E-state index in [0.717, 1.165) is 22.9 Å². The van der Waals surface area contributed by atoms with Gasteiger partial charge in [-0.25, -0.2) is 18.0 Å². The fourth-order valence-electron chi connectivity index (χ4n) is 1.76. The van der Waals surface area contributed by atoms with Crippen LogP contribution in [0.5, 0.6) is 0 Å². The summed E-state index contributed by atoms with van der Waals surface area (Å²) in [4.78, 5) is 29.5. The summed E-state index contributed by atoms with van der Waals surface area (Å²) in [7, 11) is -4.79. The summed E-state index contributed by atoms with van der Waals surface area (Å²) < 4.78 is 42.4. The Kier molecular flexibility index (Phi) is 5.36. The number of carbonyl (C=O) groups is 1. The molecular formula is C12H11ClF2N3O5P. The molecule has 8 nitrogen and oxygen atoms in total. The Hall–Kier alpha value is -1.84. The van der Waals surface area contributed by atoms with Crippen molar-refractivity contribution in [1.29, 1.82) is 0 Å². The molecule has 24 heavy (non-hydrogen) atoms. The minimum absolute atomic E-state index is 0.138. The number of phosphoric acid groups is 1. The van der Waals surface area contributed by atoms with E-state index in [9.17, 15) is 18.1 Å². The van der Waals surface area contributed by atoms with E-state index in [1.54, 1.807) is 0 Å². The number of carbonyl (C=O) groups excluding carboxylic acids is 1. The summed E-state index contributed by atoms with van der Waals surface area (Å²) in [6.07, 6.45) is -1.26. The second-order valence-corrected chi connectivity index (χ2v) is 6.15. The molecule has 130 valence electrons. The highest BCUT2D eigenvalue weighted by atomic mass is 35.5. The van der Waals surface area contributed by atoms with Gasteiger partial charge in [0.25, 0.3) is 5.91 Å². The van der Waals surface area contributed by atoms with Crippen molar-refractivity contribution in [1.82, 2.24) is 9.78 Å². The van der Waals surface area contributed by atoms with E-state index in [2.05, 4.69) is 14.9 Å². The third kappa shape index (κ3) is 4.59. The van der Waals surface area contributed by atoms with Crippen LogP contribution in [0.4, 0.5) is 14.5 Å². The molecular weight excluding hydrogens is 371 g/mol. The molecule has 12 heteroatoms. The molecule has 0 radical (unpaired) electrons. The minimum atomic E-state index is -4.79. The molecule has 1 heterocycles. The number of rotatable bonds is 5. The number of aromatic nitrogens is 2. The average molecular weight is 382 g/mol. The van der Waals surface area contributed by atoms with Crippen LogP contribution in [-0.4, -0.2) is 25.5 Å². The Bertz CT molecular complexity index is 825. The SMILES string of the molecule is CC(OP(=O)(O)O)n1nc(C(=O)Nc2ccc(F)cc2F)cc1Cl. The van der Waals surface area contributed by atoms with Gasteiger partial charge in [0.2, 0.25) is 0 Å². The summed E-state index contributed by atoms with van der Waals surface area (Å²) in [5.74, 6) is -2.64. The molecule has 3 N–H and O–H groups in total. The summed E-state index contributed by atoms with van der Waals surface area (Å²) in [5, 5.41) is 5.78. The van der Waals surface area contributed by atoms with Gasteiger partial charge < -0.3 is 15.1 Å². The van der Waals surface area contributed by atoms with Gasteiger partial charge in [-0.2, -0.15) is 5.10 Å². The molecule has 0 saturated carbocycles. The molecule has 1 amide bonds. The second-order valence-electron chi connectivity index (χ2n) is 4.57. The lowest BCUT2D eigenvalue weighted by Crippen LogP contribution is -2.16. The quantitative estimate of drug-likeness (QED) is 0.686. The topological polar surface area (TPSA) is 114 Å². The van der Waals surface area contributed by atoms with Crippen LogP contribution in [0.3, 0.4) is 0 Å². The summed E-state index contributed by atoms with van der Waals surface area (Å²) >= 11 is 5.83. The van der Waals surface area contributed by atoms with Crippen molar-refractivity contribution in [2.24, 2.45) is 0 Å². The molecule has 0 aliphatic rings. The lowest BCUT2D eigenvalue weighted by atomic mass is 10.3. The van der Waals surface area contributed by atoms with Gasteiger partial charge in [0.15, 0.2) is 11.9 Å². The number of hydrogen-bond donors (Lipinski definition) is 3.